The Bertz CT molecular complexity index is 824. The maximum absolute atomic E-state index is 13.3. The van der Waals surface area contributed by atoms with E-state index in [2.05, 4.69) is 6.58 Å². The van der Waals surface area contributed by atoms with E-state index in [1.807, 2.05) is 0 Å². The van der Waals surface area contributed by atoms with Crippen LogP contribution in [-0.2, 0) is 11.0 Å². The number of hydrogen-bond donors (Lipinski definition) is 0. The number of amides is 1. The van der Waals surface area contributed by atoms with Crippen LogP contribution in [0.3, 0.4) is 0 Å². The Labute approximate surface area is 156 Å². The number of ether oxygens (including phenoxy) is 1. The van der Waals surface area contributed by atoms with Crippen LogP contribution in [0.15, 0.2) is 61.2 Å². The predicted molar refractivity (Wildman–Crippen MR) is 97.3 cm³/mol. The molecule has 1 aliphatic rings. The van der Waals surface area contributed by atoms with E-state index in [0.29, 0.717) is 37.2 Å². The Morgan fingerprint density at radius 3 is 2.48 bits per heavy atom. The van der Waals surface area contributed by atoms with Crippen LogP contribution < -0.4 is 4.74 Å². The van der Waals surface area contributed by atoms with Crippen LogP contribution in [-0.4, -0.2) is 30.0 Å². The van der Waals surface area contributed by atoms with Crippen molar-refractivity contribution in [3.63, 3.8) is 0 Å². The van der Waals surface area contributed by atoms with E-state index in [0.717, 1.165) is 6.07 Å². The molecule has 1 aliphatic heterocycles. The zero-order chi connectivity index (χ0) is 19.4. The lowest BCUT2D eigenvalue weighted by atomic mass is 9.99. The van der Waals surface area contributed by atoms with Gasteiger partial charge in [-0.25, -0.2) is 0 Å². The lowest BCUT2D eigenvalue weighted by molar-refractivity contribution is -0.137. The minimum atomic E-state index is -4.42. The van der Waals surface area contributed by atoms with Crippen LogP contribution in [0.5, 0.6) is 5.75 Å². The number of nitrogens with zero attached hydrogens (tertiary/aromatic N) is 1. The highest BCUT2D eigenvalue weighted by molar-refractivity contribution is 5.87. The van der Waals surface area contributed by atoms with Crippen LogP contribution >= 0.6 is 0 Å². The summed E-state index contributed by atoms with van der Waals surface area (Å²) >= 11 is 0. The number of carbonyl (C=O) groups excluding carboxylic acids is 1. The number of hydrogen-bond acceptors (Lipinski definition) is 2. The van der Waals surface area contributed by atoms with Crippen molar-refractivity contribution < 1.29 is 22.7 Å². The van der Waals surface area contributed by atoms with Gasteiger partial charge in [0.05, 0.1) is 5.56 Å². The molecule has 2 aromatic rings. The first-order valence-electron chi connectivity index (χ1n) is 8.73. The van der Waals surface area contributed by atoms with Crippen molar-refractivity contribution in [2.45, 2.75) is 25.1 Å². The minimum absolute atomic E-state index is 0.0769. The number of piperidine rings is 1. The molecule has 0 radical (unpaired) electrons. The van der Waals surface area contributed by atoms with Crippen molar-refractivity contribution in [3.8, 4) is 16.9 Å². The Hall–Kier alpha value is -2.76. The van der Waals surface area contributed by atoms with Gasteiger partial charge in [0.2, 0.25) is 5.91 Å². The topological polar surface area (TPSA) is 29.5 Å². The summed E-state index contributed by atoms with van der Waals surface area (Å²) in [5.41, 5.74) is -0.0834. The number of alkyl halides is 3. The van der Waals surface area contributed by atoms with Crippen molar-refractivity contribution in [1.82, 2.24) is 4.90 Å². The first-order valence-corrected chi connectivity index (χ1v) is 8.73. The molecule has 1 fully saturated rings. The summed E-state index contributed by atoms with van der Waals surface area (Å²) in [5, 5.41) is 0. The van der Waals surface area contributed by atoms with Gasteiger partial charge in [-0.1, -0.05) is 36.9 Å². The second-order valence-corrected chi connectivity index (χ2v) is 6.42. The van der Waals surface area contributed by atoms with Crippen LogP contribution in [0, 0.1) is 0 Å². The number of likely N-dealkylation sites (tertiary alicyclic amines) is 1. The van der Waals surface area contributed by atoms with E-state index in [9.17, 15) is 18.0 Å². The molecule has 0 N–H and O–H groups in total. The summed E-state index contributed by atoms with van der Waals surface area (Å²) in [6, 6.07) is 12.2. The average Bonchev–Trinajstić information content (AvgIpc) is 2.67. The third-order valence-corrected chi connectivity index (χ3v) is 4.61. The fourth-order valence-corrected chi connectivity index (χ4v) is 3.23. The summed E-state index contributed by atoms with van der Waals surface area (Å²) in [4.78, 5) is 13.3. The third kappa shape index (κ3) is 4.51. The SMILES string of the molecule is C=CC(=O)N1CCC(Oc2cccc(-c3ccccc3C(F)(F)F)c2)CC1. The highest BCUT2D eigenvalue weighted by Crippen LogP contribution is 2.37. The first kappa shape index (κ1) is 19.0. The number of benzene rings is 2. The fraction of sp³-hybridized carbons (Fsp3) is 0.286. The van der Waals surface area contributed by atoms with E-state index >= 15 is 0 Å². The normalized spacial score (nSPS) is 15.4. The largest absolute Gasteiger partial charge is 0.490 e. The Morgan fingerprint density at radius 1 is 1.11 bits per heavy atom. The summed E-state index contributed by atoms with van der Waals surface area (Å²) in [7, 11) is 0. The molecule has 0 aliphatic carbocycles. The van der Waals surface area contributed by atoms with Gasteiger partial charge in [0.1, 0.15) is 11.9 Å². The van der Waals surface area contributed by atoms with Gasteiger partial charge in [0.25, 0.3) is 0 Å². The maximum Gasteiger partial charge on any atom is 0.417 e. The predicted octanol–water partition coefficient (Wildman–Crippen LogP) is 4.93. The minimum Gasteiger partial charge on any atom is -0.490 e. The van der Waals surface area contributed by atoms with Gasteiger partial charge in [-0.05, 0) is 35.4 Å². The number of carbonyl (C=O) groups is 1. The van der Waals surface area contributed by atoms with Gasteiger partial charge in [0.15, 0.2) is 0 Å². The zero-order valence-corrected chi connectivity index (χ0v) is 14.7. The molecule has 2 aromatic carbocycles. The van der Waals surface area contributed by atoms with Crippen LogP contribution in [0.4, 0.5) is 13.2 Å². The van der Waals surface area contributed by atoms with Gasteiger partial charge >= 0.3 is 6.18 Å². The first-order chi connectivity index (χ1) is 12.9. The van der Waals surface area contributed by atoms with Crippen LogP contribution in [0.2, 0.25) is 0 Å². The van der Waals surface area contributed by atoms with Gasteiger partial charge in [-0.3, -0.25) is 4.79 Å². The summed E-state index contributed by atoms with van der Waals surface area (Å²) in [6.07, 6.45) is -1.86. The second kappa shape index (κ2) is 7.86. The molecule has 0 aromatic heterocycles. The van der Waals surface area contributed by atoms with E-state index in [1.54, 1.807) is 35.2 Å². The molecule has 3 nitrogen and oxygen atoms in total. The molecule has 6 heteroatoms. The summed E-state index contributed by atoms with van der Waals surface area (Å²) < 4.78 is 45.8. The van der Waals surface area contributed by atoms with Crippen LogP contribution in [0.25, 0.3) is 11.1 Å². The summed E-state index contributed by atoms with van der Waals surface area (Å²) in [5.74, 6) is 0.428. The molecule has 0 saturated carbocycles. The standard InChI is InChI=1S/C21H20F3NO2/c1-2-20(26)25-12-10-16(11-13-25)27-17-7-5-6-15(14-17)18-8-3-4-9-19(18)21(22,23)24/h2-9,14,16H,1,10-13H2. The lowest BCUT2D eigenvalue weighted by Crippen LogP contribution is -2.41. The third-order valence-electron chi connectivity index (χ3n) is 4.61. The van der Waals surface area contributed by atoms with Crippen molar-refractivity contribution in [1.29, 1.82) is 0 Å². The fourth-order valence-electron chi connectivity index (χ4n) is 3.23. The number of halogens is 3. The molecule has 1 saturated heterocycles. The highest BCUT2D eigenvalue weighted by atomic mass is 19.4. The Morgan fingerprint density at radius 2 is 1.81 bits per heavy atom. The average molecular weight is 375 g/mol. The van der Waals surface area contributed by atoms with E-state index in [1.165, 1.54) is 18.2 Å². The van der Waals surface area contributed by atoms with E-state index in [-0.39, 0.29) is 17.6 Å². The zero-order valence-electron chi connectivity index (χ0n) is 14.7. The molecule has 1 heterocycles. The molecule has 0 unspecified atom stereocenters. The van der Waals surface area contributed by atoms with Crippen LogP contribution in [0.1, 0.15) is 18.4 Å². The smallest absolute Gasteiger partial charge is 0.417 e. The molecular weight excluding hydrogens is 355 g/mol. The molecule has 3 rings (SSSR count). The molecule has 0 atom stereocenters. The second-order valence-electron chi connectivity index (χ2n) is 6.42. The quantitative estimate of drug-likeness (QED) is 0.710. The Balaban J connectivity index is 1.74. The Kier molecular flexibility index (Phi) is 5.54. The van der Waals surface area contributed by atoms with E-state index < -0.39 is 11.7 Å². The molecular formula is C21H20F3NO2. The number of rotatable bonds is 4. The van der Waals surface area contributed by atoms with Gasteiger partial charge < -0.3 is 9.64 Å². The highest BCUT2D eigenvalue weighted by Gasteiger charge is 2.33. The molecule has 1 amide bonds. The van der Waals surface area contributed by atoms with E-state index in [4.69, 9.17) is 4.74 Å². The summed E-state index contributed by atoms with van der Waals surface area (Å²) in [6.45, 7) is 4.63. The molecule has 142 valence electrons. The molecule has 0 bridgehead atoms. The van der Waals surface area contributed by atoms with Crippen molar-refractivity contribution in [2.24, 2.45) is 0 Å². The van der Waals surface area contributed by atoms with Crippen molar-refractivity contribution >= 4 is 5.91 Å². The monoisotopic (exact) mass is 375 g/mol. The maximum atomic E-state index is 13.3. The van der Waals surface area contributed by atoms with Gasteiger partial charge in [0, 0.05) is 25.9 Å². The van der Waals surface area contributed by atoms with Gasteiger partial charge in [-0.15, -0.1) is 0 Å². The van der Waals surface area contributed by atoms with Crippen molar-refractivity contribution in [2.75, 3.05) is 13.1 Å². The lowest BCUT2D eigenvalue weighted by Gasteiger charge is -2.31. The van der Waals surface area contributed by atoms with Crippen molar-refractivity contribution in [3.05, 3.63) is 66.7 Å². The molecule has 0 spiro atoms. The molecule has 27 heavy (non-hydrogen) atoms. The van der Waals surface area contributed by atoms with Gasteiger partial charge in [-0.2, -0.15) is 13.2 Å².